The zero-order valence-corrected chi connectivity index (χ0v) is 14.5. The molecular weight excluding hydrogens is 320 g/mol. The number of aromatic nitrogens is 3. The first kappa shape index (κ1) is 15.6. The lowest BCUT2D eigenvalue weighted by molar-refractivity contribution is 0.560. The van der Waals surface area contributed by atoms with Crippen LogP contribution in [0, 0.1) is 0 Å². The second-order valence-electron chi connectivity index (χ2n) is 6.02. The van der Waals surface area contributed by atoms with Gasteiger partial charge in [-0.05, 0) is 19.8 Å². The molecule has 2 N–H and O–H groups in total. The number of imidazole rings is 1. The third-order valence-corrected chi connectivity index (χ3v) is 6.13. The van der Waals surface area contributed by atoms with Crippen LogP contribution in [0.1, 0.15) is 68.0 Å². The molecular formula is C14H20N4O2S2. The van der Waals surface area contributed by atoms with Gasteiger partial charge < -0.3 is 4.98 Å². The number of hydrogen-bond donors (Lipinski definition) is 2. The maximum absolute atomic E-state index is 12.4. The number of H-pyrrole nitrogens is 1. The van der Waals surface area contributed by atoms with Crippen molar-refractivity contribution in [1.82, 2.24) is 19.7 Å². The zero-order chi connectivity index (χ0) is 15.9. The highest BCUT2D eigenvalue weighted by Crippen LogP contribution is 2.41. The first-order valence-electron chi connectivity index (χ1n) is 7.39. The smallest absolute Gasteiger partial charge is 0.258 e. The van der Waals surface area contributed by atoms with Gasteiger partial charge in [0.1, 0.15) is 5.82 Å². The second kappa shape index (κ2) is 5.75. The molecule has 0 saturated heterocycles. The summed E-state index contributed by atoms with van der Waals surface area (Å²) < 4.78 is 27.5. The number of aromatic amines is 1. The van der Waals surface area contributed by atoms with E-state index in [0.717, 1.165) is 10.7 Å². The number of rotatable bonds is 6. The van der Waals surface area contributed by atoms with Gasteiger partial charge in [-0.3, -0.25) is 0 Å². The number of nitrogens with zero attached hydrogens (tertiary/aromatic N) is 2. The van der Waals surface area contributed by atoms with Crippen molar-refractivity contribution in [2.75, 3.05) is 0 Å². The summed E-state index contributed by atoms with van der Waals surface area (Å²) in [5.74, 6) is 1.41. The van der Waals surface area contributed by atoms with E-state index in [1.54, 1.807) is 11.3 Å². The minimum Gasteiger partial charge on any atom is -0.332 e. The topological polar surface area (TPSA) is 87.7 Å². The SMILES string of the molecule is CC(C)c1ncc(S(=O)(=O)N[C@@H](C)c2csc(C3CC3)n2)[nH]1. The summed E-state index contributed by atoms with van der Waals surface area (Å²) in [6.45, 7) is 5.73. The lowest BCUT2D eigenvalue weighted by Gasteiger charge is -2.11. The summed E-state index contributed by atoms with van der Waals surface area (Å²) in [5, 5.41) is 3.15. The van der Waals surface area contributed by atoms with Crippen LogP contribution < -0.4 is 4.72 Å². The van der Waals surface area contributed by atoms with Crippen molar-refractivity contribution in [3.63, 3.8) is 0 Å². The minimum absolute atomic E-state index is 0.0979. The van der Waals surface area contributed by atoms with Gasteiger partial charge in [0.05, 0.1) is 22.9 Å². The maximum Gasteiger partial charge on any atom is 0.258 e. The largest absolute Gasteiger partial charge is 0.332 e. The fourth-order valence-corrected chi connectivity index (χ4v) is 4.35. The molecule has 1 aliphatic carbocycles. The standard InChI is InChI=1S/C14H20N4O2S2/c1-8(2)13-15-6-12(17-13)22(19,20)18-9(3)11-7-21-14(16-11)10-4-5-10/h6-10,18H,4-5H2,1-3H3,(H,15,17)/t9-/m0/s1. The fraction of sp³-hybridized carbons (Fsp3) is 0.571. The molecule has 22 heavy (non-hydrogen) atoms. The monoisotopic (exact) mass is 340 g/mol. The normalized spacial score (nSPS) is 17.1. The highest BCUT2D eigenvalue weighted by molar-refractivity contribution is 7.89. The van der Waals surface area contributed by atoms with E-state index in [-0.39, 0.29) is 17.0 Å². The molecule has 2 heterocycles. The molecule has 1 fully saturated rings. The van der Waals surface area contributed by atoms with E-state index in [1.165, 1.54) is 19.0 Å². The first-order chi connectivity index (χ1) is 10.4. The average Bonchev–Trinajstić information content (AvgIpc) is 2.99. The van der Waals surface area contributed by atoms with Crippen LogP contribution in [0.3, 0.4) is 0 Å². The molecule has 0 spiro atoms. The van der Waals surface area contributed by atoms with E-state index in [2.05, 4.69) is 19.7 Å². The molecule has 120 valence electrons. The molecule has 3 rings (SSSR count). The van der Waals surface area contributed by atoms with Gasteiger partial charge in [-0.15, -0.1) is 11.3 Å². The average molecular weight is 340 g/mol. The van der Waals surface area contributed by atoms with Crippen molar-refractivity contribution in [1.29, 1.82) is 0 Å². The Hall–Kier alpha value is -1.25. The Labute approximate surface area is 134 Å². The predicted molar refractivity (Wildman–Crippen MR) is 85.5 cm³/mol. The van der Waals surface area contributed by atoms with Gasteiger partial charge in [-0.25, -0.2) is 23.1 Å². The molecule has 8 heteroatoms. The summed E-state index contributed by atoms with van der Waals surface area (Å²) >= 11 is 1.61. The molecule has 1 aliphatic rings. The van der Waals surface area contributed by atoms with E-state index in [4.69, 9.17) is 0 Å². The quantitative estimate of drug-likeness (QED) is 0.846. The van der Waals surface area contributed by atoms with Crippen LogP contribution in [-0.2, 0) is 10.0 Å². The molecule has 1 atom stereocenters. The maximum atomic E-state index is 12.4. The molecule has 0 amide bonds. The highest BCUT2D eigenvalue weighted by Gasteiger charge is 2.28. The van der Waals surface area contributed by atoms with Gasteiger partial charge in [0.2, 0.25) is 0 Å². The van der Waals surface area contributed by atoms with Gasteiger partial charge in [0.15, 0.2) is 5.03 Å². The highest BCUT2D eigenvalue weighted by atomic mass is 32.2. The van der Waals surface area contributed by atoms with Crippen LogP contribution in [-0.4, -0.2) is 23.4 Å². The van der Waals surface area contributed by atoms with Crippen LogP contribution in [0.25, 0.3) is 0 Å². The Balaban J connectivity index is 1.74. The van der Waals surface area contributed by atoms with Gasteiger partial charge in [-0.1, -0.05) is 13.8 Å². The third-order valence-electron chi connectivity index (χ3n) is 3.65. The number of nitrogens with one attached hydrogen (secondary N) is 2. The number of hydrogen-bond acceptors (Lipinski definition) is 5. The van der Waals surface area contributed by atoms with E-state index >= 15 is 0 Å². The summed E-state index contributed by atoms with van der Waals surface area (Å²) in [5.41, 5.74) is 0.777. The molecule has 2 aromatic heterocycles. The molecule has 0 unspecified atom stereocenters. The zero-order valence-electron chi connectivity index (χ0n) is 12.8. The Morgan fingerprint density at radius 1 is 1.36 bits per heavy atom. The molecule has 6 nitrogen and oxygen atoms in total. The molecule has 0 bridgehead atoms. The Morgan fingerprint density at radius 2 is 2.09 bits per heavy atom. The van der Waals surface area contributed by atoms with Crippen molar-refractivity contribution >= 4 is 21.4 Å². The summed E-state index contributed by atoms with van der Waals surface area (Å²) in [6, 6.07) is -0.362. The lowest BCUT2D eigenvalue weighted by Crippen LogP contribution is -2.27. The molecule has 0 radical (unpaired) electrons. The Bertz CT molecular complexity index is 759. The van der Waals surface area contributed by atoms with Crippen molar-refractivity contribution < 1.29 is 8.42 Å². The van der Waals surface area contributed by atoms with Crippen molar-refractivity contribution in [3.05, 3.63) is 28.1 Å². The van der Waals surface area contributed by atoms with Crippen molar-refractivity contribution in [3.8, 4) is 0 Å². The summed E-state index contributed by atoms with van der Waals surface area (Å²) in [4.78, 5) is 11.5. The number of thiazole rings is 1. The lowest BCUT2D eigenvalue weighted by atomic mass is 10.2. The van der Waals surface area contributed by atoms with Crippen LogP contribution in [0.5, 0.6) is 0 Å². The van der Waals surface area contributed by atoms with Gasteiger partial charge in [-0.2, -0.15) is 0 Å². The van der Waals surface area contributed by atoms with Crippen LogP contribution in [0.15, 0.2) is 16.6 Å². The van der Waals surface area contributed by atoms with Gasteiger partial charge >= 0.3 is 0 Å². The molecule has 0 aliphatic heterocycles. The van der Waals surface area contributed by atoms with E-state index in [9.17, 15) is 8.42 Å². The Morgan fingerprint density at radius 3 is 2.68 bits per heavy atom. The van der Waals surface area contributed by atoms with Crippen LogP contribution in [0.2, 0.25) is 0 Å². The van der Waals surface area contributed by atoms with E-state index in [1.807, 2.05) is 26.2 Å². The number of sulfonamides is 1. The van der Waals surface area contributed by atoms with Crippen LogP contribution in [0.4, 0.5) is 0 Å². The van der Waals surface area contributed by atoms with Crippen molar-refractivity contribution in [2.45, 2.75) is 56.5 Å². The second-order valence-corrected chi connectivity index (χ2v) is 8.59. The first-order valence-corrected chi connectivity index (χ1v) is 9.75. The van der Waals surface area contributed by atoms with E-state index in [0.29, 0.717) is 11.7 Å². The Kier molecular flexibility index (Phi) is 4.09. The molecule has 1 saturated carbocycles. The van der Waals surface area contributed by atoms with E-state index < -0.39 is 10.0 Å². The fourth-order valence-electron chi connectivity index (χ4n) is 2.12. The molecule has 0 aromatic carbocycles. The van der Waals surface area contributed by atoms with Gasteiger partial charge in [0, 0.05) is 17.2 Å². The summed E-state index contributed by atoms with van der Waals surface area (Å²) in [7, 11) is -3.62. The molecule has 2 aromatic rings. The minimum atomic E-state index is -3.62. The van der Waals surface area contributed by atoms with Crippen LogP contribution >= 0.6 is 11.3 Å². The van der Waals surface area contributed by atoms with Gasteiger partial charge in [0.25, 0.3) is 10.0 Å². The summed E-state index contributed by atoms with van der Waals surface area (Å²) in [6.07, 6.45) is 3.75. The van der Waals surface area contributed by atoms with Crippen molar-refractivity contribution in [2.24, 2.45) is 0 Å². The predicted octanol–water partition coefficient (Wildman–Crippen LogP) is 2.91. The third kappa shape index (κ3) is 3.23.